The van der Waals surface area contributed by atoms with Gasteiger partial charge in [-0.1, -0.05) is 11.6 Å². The maximum absolute atomic E-state index is 12.0. The molecule has 0 saturated heterocycles. The van der Waals surface area contributed by atoms with Crippen molar-refractivity contribution in [2.75, 3.05) is 0 Å². The van der Waals surface area contributed by atoms with E-state index in [9.17, 15) is 9.59 Å². The summed E-state index contributed by atoms with van der Waals surface area (Å²) in [7, 11) is 0. The van der Waals surface area contributed by atoms with E-state index in [0.717, 1.165) is 0 Å². The third-order valence-electron chi connectivity index (χ3n) is 2.22. The number of carboxylic acids is 1. The van der Waals surface area contributed by atoms with Gasteiger partial charge in [0.05, 0.1) is 12.0 Å². The first-order valence-corrected chi connectivity index (χ1v) is 6.38. The number of halogens is 2. The van der Waals surface area contributed by atoms with Crippen molar-refractivity contribution in [3.63, 3.8) is 0 Å². The van der Waals surface area contributed by atoms with E-state index in [1.165, 1.54) is 6.07 Å². The Morgan fingerprint density at radius 2 is 2.06 bits per heavy atom. The van der Waals surface area contributed by atoms with Gasteiger partial charge in [0, 0.05) is 15.0 Å². The molecule has 0 bridgehead atoms. The maximum atomic E-state index is 12.0. The average Bonchev–Trinajstić information content (AvgIpc) is 2.18. The van der Waals surface area contributed by atoms with E-state index in [2.05, 4.69) is 21.2 Å². The van der Waals surface area contributed by atoms with Gasteiger partial charge in [-0.3, -0.25) is 9.59 Å². The molecule has 1 rings (SSSR count). The number of carbonyl (C=O) groups is 2. The zero-order valence-corrected chi connectivity index (χ0v) is 12.3. The maximum Gasteiger partial charge on any atom is 0.305 e. The van der Waals surface area contributed by atoms with Gasteiger partial charge in [0.15, 0.2) is 0 Å². The molecule has 0 atom stereocenters. The first-order valence-electron chi connectivity index (χ1n) is 5.20. The third-order valence-corrected chi connectivity index (χ3v) is 3.14. The van der Waals surface area contributed by atoms with Crippen molar-refractivity contribution in [2.45, 2.75) is 25.8 Å². The number of nitrogens with one attached hydrogen (secondary N) is 1. The molecule has 0 heterocycles. The van der Waals surface area contributed by atoms with Crippen molar-refractivity contribution in [2.24, 2.45) is 0 Å². The molecule has 0 saturated carbocycles. The number of amides is 1. The number of hydrogen-bond donors (Lipinski definition) is 2. The Hall–Kier alpha value is -1.07. The molecular formula is C12H13BrClNO3. The van der Waals surface area contributed by atoms with E-state index in [4.69, 9.17) is 16.7 Å². The molecule has 0 spiro atoms. The lowest BCUT2D eigenvalue weighted by Gasteiger charge is -2.24. The van der Waals surface area contributed by atoms with Crippen LogP contribution in [0.5, 0.6) is 0 Å². The fourth-order valence-electron chi connectivity index (χ4n) is 1.47. The van der Waals surface area contributed by atoms with Crippen molar-refractivity contribution in [1.82, 2.24) is 5.32 Å². The van der Waals surface area contributed by atoms with Gasteiger partial charge in [0.25, 0.3) is 5.91 Å². The Morgan fingerprint density at radius 1 is 1.44 bits per heavy atom. The molecule has 0 unspecified atom stereocenters. The number of carboxylic acid groups (broad SMARTS) is 1. The summed E-state index contributed by atoms with van der Waals surface area (Å²) in [6.07, 6.45) is -0.156. The van der Waals surface area contributed by atoms with Crippen LogP contribution in [0.2, 0.25) is 5.02 Å². The topological polar surface area (TPSA) is 66.4 Å². The predicted octanol–water partition coefficient (Wildman–Crippen LogP) is 3.09. The SMILES string of the molecule is CC(C)(CC(=O)O)NC(=O)c1cc(Cl)ccc1Br. The number of benzene rings is 1. The van der Waals surface area contributed by atoms with Gasteiger partial charge in [0.1, 0.15) is 0 Å². The average molecular weight is 335 g/mol. The molecule has 6 heteroatoms. The van der Waals surface area contributed by atoms with Crippen molar-refractivity contribution in [1.29, 1.82) is 0 Å². The van der Waals surface area contributed by atoms with Gasteiger partial charge in [-0.25, -0.2) is 0 Å². The molecule has 1 aromatic carbocycles. The molecule has 2 N–H and O–H groups in total. The molecule has 0 aliphatic heterocycles. The summed E-state index contributed by atoms with van der Waals surface area (Å²) in [6.45, 7) is 3.30. The van der Waals surface area contributed by atoms with E-state index in [-0.39, 0.29) is 12.3 Å². The lowest BCUT2D eigenvalue weighted by atomic mass is 10.00. The first-order chi connectivity index (χ1) is 8.21. The van der Waals surface area contributed by atoms with Crippen LogP contribution in [0.4, 0.5) is 0 Å². The smallest absolute Gasteiger partial charge is 0.305 e. The number of carbonyl (C=O) groups excluding carboxylic acids is 1. The minimum Gasteiger partial charge on any atom is -0.481 e. The highest BCUT2D eigenvalue weighted by Crippen LogP contribution is 2.22. The van der Waals surface area contributed by atoms with Crippen LogP contribution in [0.3, 0.4) is 0 Å². The Balaban J connectivity index is 2.88. The summed E-state index contributed by atoms with van der Waals surface area (Å²) in [5, 5.41) is 11.9. The predicted molar refractivity (Wildman–Crippen MR) is 73.0 cm³/mol. The second-order valence-electron chi connectivity index (χ2n) is 4.53. The lowest BCUT2D eigenvalue weighted by molar-refractivity contribution is -0.138. The summed E-state index contributed by atoms with van der Waals surface area (Å²) in [6, 6.07) is 4.85. The van der Waals surface area contributed by atoms with E-state index in [0.29, 0.717) is 15.1 Å². The number of rotatable bonds is 4. The molecule has 0 aliphatic rings. The van der Waals surface area contributed by atoms with Gasteiger partial charge in [-0.05, 0) is 48.0 Å². The summed E-state index contributed by atoms with van der Waals surface area (Å²) in [5.41, 5.74) is -0.453. The van der Waals surface area contributed by atoms with Crippen LogP contribution in [-0.2, 0) is 4.79 Å². The molecule has 0 aliphatic carbocycles. The molecule has 4 nitrogen and oxygen atoms in total. The first kappa shape index (κ1) is 15.0. The zero-order chi connectivity index (χ0) is 13.9. The molecule has 18 heavy (non-hydrogen) atoms. The van der Waals surface area contributed by atoms with Crippen molar-refractivity contribution in [3.05, 3.63) is 33.3 Å². The van der Waals surface area contributed by atoms with Crippen LogP contribution < -0.4 is 5.32 Å². The molecule has 0 fully saturated rings. The minimum absolute atomic E-state index is 0.156. The zero-order valence-electron chi connectivity index (χ0n) is 9.96. The highest BCUT2D eigenvalue weighted by Gasteiger charge is 2.25. The van der Waals surface area contributed by atoms with Crippen LogP contribution in [-0.4, -0.2) is 22.5 Å². The molecule has 1 amide bonds. The minimum atomic E-state index is -0.967. The molecule has 0 radical (unpaired) electrons. The van der Waals surface area contributed by atoms with Gasteiger partial charge in [-0.15, -0.1) is 0 Å². The van der Waals surface area contributed by atoms with Crippen LogP contribution in [0.1, 0.15) is 30.6 Å². The number of hydrogen-bond acceptors (Lipinski definition) is 2. The van der Waals surface area contributed by atoms with Crippen molar-refractivity contribution >= 4 is 39.4 Å². The van der Waals surface area contributed by atoms with Gasteiger partial charge < -0.3 is 10.4 Å². The van der Waals surface area contributed by atoms with Crippen LogP contribution in [0.15, 0.2) is 22.7 Å². The van der Waals surface area contributed by atoms with E-state index in [1.807, 2.05) is 0 Å². The second-order valence-corrected chi connectivity index (χ2v) is 5.82. The lowest BCUT2D eigenvalue weighted by Crippen LogP contribution is -2.45. The summed E-state index contributed by atoms with van der Waals surface area (Å²) in [4.78, 5) is 22.7. The summed E-state index contributed by atoms with van der Waals surface area (Å²) >= 11 is 9.08. The van der Waals surface area contributed by atoms with Crippen LogP contribution >= 0.6 is 27.5 Å². The van der Waals surface area contributed by atoms with Crippen molar-refractivity contribution < 1.29 is 14.7 Å². The fourth-order valence-corrected chi connectivity index (χ4v) is 2.07. The van der Waals surface area contributed by atoms with Crippen LogP contribution in [0, 0.1) is 0 Å². The highest BCUT2D eigenvalue weighted by atomic mass is 79.9. The number of aliphatic carboxylic acids is 1. The molecule has 98 valence electrons. The standard InChI is InChI=1S/C12H13BrClNO3/c1-12(2,6-10(16)17)15-11(18)8-5-7(14)3-4-9(8)13/h3-5H,6H2,1-2H3,(H,15,18)(H,16,17). The Bertz CT molecular complexity index is 488. The van der Waals surface area contributed by atoms with Crippen LogP contribution in [0.25, 0.3) is 0 Å². The quantitative estimate of drug-likeness (QED) is 0.889. The van der Waals surface area contributed by atoms with Gasteiger partial charge in [0.2, 0.25) is 0 Å². The third kappa shape index (κ3) is 4.31. The Labute approximate surface area is 118 Å². The molecule has 0 aromatic heterocycles. The van der Waals surface area contributed by atoms with Gasteiger partial charge >= 0.3 is 5.97 Å². The fraction of sp³-hybridized carbons (Fsp3) is 0.333. The molecule has 1 aromatic rings. The van der Waals surface area contributed by atoms with Crippen molar-refractivity contribution in [3.8, 4) is 0 Å². The second kappa shape index (κ2) is 5.71. The van der Waals surface area contributed by atoms with E-state index >= 15 is 0 Å². The monoisotopic (exact) mass is 333 g/mol. The highest BCUT2D eigenvalue weighted by molar-refractivity contribution is 9.10. The largest absolute Gasteiger partial charge is 0.481 e. The van der Waals surface area contributed by atoms with E-state index in [1.54, 1.807) is 26.0 Å². The Morgan fingerprint density at radius 3 is 2.61 bits per heavy atom. The van der Waals surface area contributed by atoms with Gasteiger partial charge in [-0.2, -0.15) is 0 Å². The summed E-state index contributed by atoms with van der Waals surface area (Å²) in [5.74, 6) is -1.33. The van der Waals surface area contributed by atoms with E-state index < -0.39 is 11.5 Å². The summed E-state index contributed by atoms with van der Waals surface area (Å²) < 4.78 is 0.607. The Kier molecular flexibility index (Phi) is 4.76. The normalized spacial score (nSPS) is 11.1. The molecular weight excluding hydrogens is 321 g/mol.